The van der Waals surface area contributed by atoms with E-state index in [9.17, 15) is 4.79 Å². The lowest BCUT2D eigenvalue weighted by Crippen LogP contribution is -2.13. The summed E-state index contributed by atoms with van der Waals surface area (Å²) in [6, 6.07) is 17.2. The number of rotatable bonds is 5. The van der Waals surface area contributed by atoms with E-state index in [0.29, 0.717) is 10.8 Å². The summed E-state index contributed by atoms with van der Waals surface area (Å²) in [6.45, 7) is 0. The number of thioether (sulfide) groups is 1. The van der Waals surface area contributed by atoms with Crippen LogP contribution >= 0.6 is 23.4 Å². The fourth-order valence-electron chi connectivity index (χ4n) is 2.64. The van der Waals surface area contributed by atoms with Crippen LogP contribution in [-0.4, -0.2) is 26.8 Å². The Balaban J connectivity index is 1.36. The molecular formula is C19H15ClN4OS. The summed E-state index contributed by atoms with van der Waals surface area (Å²) in [4.78, 5) is 15.5. The Morgan fingerprint density at radius 3 is 2.73 bits per heavy atom. The van der Waals surface area contributed by atoms with Crippen LogP contribution in [0, 0.1) is 0 Å². The number of anilines is 1. The summed E-state index contributed by atoms with van der Waals surface area (Å²) in [7, 11) is 0. The lowest BCUT2D eigenvalue weighted by molar-refractivity contribution is -0.113. The van der Waals surface area contributed by atoms with E-state index >= 15 is 0 Å². The molecule has 0 atom stereocenters. The first-order valence-electron chi connectivity index (χ1n) is 7.98. The summed E-state index contributed by atoms with van der Waals surface area (Å²) in [5, 5.41) is 12.4. The molecule has 7 heteroatoms. The van der Waals surface area contributed by atoms with E-state index in [-0.39, 0.29) is 5.91 Å². The summed E-state index contributed by atoms with van der Waals surface area (Å²) in [6.07, 6.45) is 1.71. The Hall–Kier alpha value is -2.70. The number of fused-ring (bicyclic) bond motifs is 1. The fourth-order valence-corrected chi connectivity index (χ4v) is 3.58. The maximum absolute atomic E-state index is 12.2. The summed E-state index contributed by atoms with van der Waals surface area (Å²) >= 11 is 7.46. The molecule has 0 aliphatic rings. The minimum absolute atomic E-state index is 0.0546. The van der Waals surface area contributed by atoms with E-state index in [2.05, 4.69) is 20.5 Å². The molecule has 26 heavy (non-hydrogen) atoms. The van der Waals surface area contributed by atoms with Crippen molar-refractivity contribution in [3.63, 3.8) is 0 Å². The molecular weight excluding hydrogens is 368 g/mol. The van der Waals surface area contributed by atoms with Crippen LogP contribution in [0.2, 0.25) is 5.02 Å². The third-order valence-electron chi connectivity index (χ3n) is 3.90. The molecule has 5 nitrogen and oxygen atoms in total. The van der Waals surface area contributed by atoms with Crippen LogP contribution in [0.5, 0.6) is 0 Å². The SMILES string of the molecule is O=C(CSc1cc2cc(Cl)ccc2[nH]1)Nc1ccc(-c2ccn[nH]2)cc1. The van der Waals surface area contributed by atoms with Gasteiger partial charge >= 0.3 is 0 Å². The van der Waals surface area contributed by atoms with Gasteiger partial charge < -0.3 is 10.3 Å². The van der Waals surface area contributed by atoms with Gasteiger partial charge in [0.1, 0.15) is 0 Å². The van der Waals surface area contributed by atoms with Crippen molar-refractivity contribution in [2.75, 3.05) is 11.1 Å². The predicted octanol–water partition coefficient (Wildman–Crippen LogP) is 4.94. The van der Waals surface area contributed by atoms with Crippen LogP contribution in [-0.2, 0) is 4.79 Å². The molecule has 2 aromatic carbocycles. The molecule has 0 spiro atoms. The highest BCUT2D eigenvalue weighted by Crippen LogP contribution is 2.26. The van der Waals surface area contributed by atoms with Gasteiger partial charge in [-0.1, -0.05) is 35.5 Å². The standard InChI is InChI=1S/C19H15ClN4OS/c20-14-3-6-16-13(9-14)10-19(23-16)26-11-18(25)22-15-4-1-12(2-5-15)17-7-8-21-24-17/h1-10,23H,11H2,(H,21,24)(H,22,25). The van der Waals surface area contributed by atoms with Crippen LogP contribution in [0.1, 0.15) is 0 Å². The highest BCUT2D eigenvalue weighted by molar-refractivity contribution is 7.99. The number of amides is 1. The molecule has 0 saturated heterocycles. The quantitative estimate of drug-likeness (QED) is 0.428. The maximum Gasteiger partial charge on any atom is 0.234 e. The molecule has 0 unspecified atom stereocenters. The van der Waals surface area contributed by atoms with E-state index in [1.165, 1.54) is 11.8 Å². The minimum atomic E-state index is -0.0546. The van der Waals surface area contributed by atoms with Crippen LogP contribution in [0.25, 0.3) is 22.2 Å². The van der Waals surface area contributed by atoms with Gasteiger partial charge in [-0.2, -0.15) is 5.10 Å². The maximum atomic E-state index is 12.2. The Kier molecular flexibility index (Phi) is 4.69. The van der Waals surface area contributed by atoms with Crippen molar-refractivity contribution < 1.29 is 4.79 Å². The number of hydrogen-bond donors (Lipinski definition) is 3. The van der Waals surface area contributed by atoms with Gasteiger partial charge in [0.2, 0.25) is 5.91 Å². The number of benzene rings is 2. The lowest BCUT2D eigenvalue weighted by Gasteiger charge is -2.05. The highest BCUT2D eigenvalue weighted by atomic mass is 35.5. The Morgan fingerprint density at radius 2 is 1.96 bits per heavy atom. The molecule has 0 aliphatic carbocycles. The predicted molar refractivity (Wildman–Crippen MR) is 107 cm³/mol. The zero-order valence-corrected chi connectivity index (χ0v) is 15.2. The number of aromatic amines is 2. The molecule has 130 valence electrons. The normalized spacial score (nSPS) is 11.0. The molecule has 0 bridgehead atoms. The first-order chi connectivity index (χ1) is 12.7. The summed E-state index contributed by atoms with van der Waals surface area (Å²) in [5.74, 6) is 0.268. The van der Waals surface area contributed by atoms with E-state index in [1.807, 2.05) is 54.6 Å². The smallest absolute Gasteiger partial charge is 0.234 e. The van der Waals surface area contributed by atoms with Crippen molar-refractivity contribution in [2.45, 2.75) is 5.03 Å². The number of halogens is 1. The van der Waals surface area contributed by atoms with Crippen molar-refractivity contribution in [3.8, 4) is 11.3 Å². The van der Waals surface area contributed by atoms with Crippen LogP contribution in [0.4, 0.5) is 5.69 Å². The summed E-state index contributed by atoms with van der Waals surface area (Å²) < 4.78 is 0. The minimum Gasteiger partial charge on any atom is -0.350 e. The highest BCUT2D eigenvalue weighted by Gasteiger charge is 2.07. The van der Waals surface area contributed by atoms with Gasteiger partial charge in [-0.25, -0.2) is 0 Å². The van der Waals surface area contributed by atoms with Crippen LogP contribution in [0.15, 0.2) is 65.8 Å². The fraction of sp³-hybridized carbons (Fsp3) is 0.0526. The second-order valence-corrected chi connectivity index (χ2v) is 7.20. The third-order valence-corrected chi connectivity index (χ3v) is 5.07. The Morgan fingerprint density at radius 1 is 1.12 bits per heavy atom. The second kappa shape index (κ2) is 7.27. The number of H-pyrrole nitrogens is 2. The van der Waals surface area contributed by atoms with Gasteiger partial charge in [0.15, 0.2) is 0 Å². The van der Waals surface area contributed by atoms with Crippen LogP contribution in [0.3, 0.4) is 0 Å². The number of carbonyl (C=O) groups excluding carboxylic acids is 1. The average molecular weight is 383 g/mol. The first-order valence-corrected chi connectivity index (χ1v) is 9.34. The summed E-state index contributed by atoms with van der Waals surface area (Å²) in [5.41, 5.74) is 3.73. The largest absolute Gasteiger partial charge is 0.350 e. The second-order valence-electron chi connectivity index (χ2n) is 5.75. The first kappa shape index (κ1) is 16.8. The molecule has 2 heterocycles. The van der Waals surface area contributed by atoms with Crippen molar-refractivity contribution in [3.05, 3.63) is 65.8 Å². The van der Waals surface area contributed by atoms with Crippen LogP contribution < -0.4 is 5.32 Å². The van der Waals surface area contributed by atoms with Gasteiger partial charge in [0, 0.05) is 27.8 Å². The zero-order chi connectivity index (χ0) is 17.9. The number of nitrogens with zero attached hydrogens (tertiary/aromatic N) is 1. The van der Waals surface area contributed by atoms with Crippen molar-refractivity contribution >= 4 is 45.9 Å². The monoisotopic (exact) mass is 382 g/mol. The average Bonchev–Trinajstić information content (AvgIpc) is 3.30. The van der Waals surface area contributed by atoms with Gasteiger partial charge in [0.05, 0.1) is 16.5 Å². The topological polar surface area (TPSA) is 73.6 Å². The van der Waals surface area contributed by atoms with E-state index in [4.69, 9.17) is 11.6 Å². The van der Waals surface area contributed by atoms with Gasteiger partial charge in [-0.3, -0.25) is 9.89 Å². The molecule has 1 amide bonds. The van der Waals surface area contributed by atoms with Crippen molar-refractivity contribution in [1.29, 1.82) is 0 Å². The van der Waals surface area contributed by atoms with Gasteiger partial charge in [-0.05, 0) is 48.0 Å². The molecule has 3 N–H and O–H groups in total. The Bertz CT molecular complexity index is 1040. The molecule has 0 aliphatic heterocycles. The zero-order valence-electron chi connectivity index (χ0n) is 13.6. The molecule has 0 saturated carbocycles. The molecule has 0 radical (unpaired) electrons. The van der Waals surface area contributed by atoms with Crippen molar-refractivity contribution in [2.24, 2.45) is 0 Å². The number of hydrogen-bond acceptors (Lipinski definition) is 3. The van der Waals surface area contributed by atoms with E-state index in [1.54, 1.807) is 6.20 Å². The van der Waals surface area contributed by atoms with Crippen molar-refractivity contribution in [1.82, 2.24) is 15.2 Å². The number of carbonyl (C=O) groups is 1. The molecule has 0 fully saturated rings. The van der Waals surface area contributed by atoms with E-state index < -0.39 is 0 Å². The molecule has 2 aromatic heterocycles. The van der Waals surface area contributed by atoms with E-state index in [0.717, 1.165) is 32.9 Å². The molecule has 4 rings (SSSR count). The number of aromatic nitrogens is 3. The Labute approximate surface area is 159 Å². The number of nitrogens with one attached hydrogen (secondary N) is 3. The third kappa shape index (κ3) is 3.76. The van der Waals surface area contributed by atoms with Gasteiger partial charge in [-0.15, -0.1) is 0 Å². The van der Waals surface area contributed by atoms with Gasteiger partial charge in [0.25, 0.3) is 0 Å². The molecule has 4 aromatic rings. The lowest BCUT2D eigenvalue weighted by atomic mass is 10.1.